The Morgan fingerprint density at radius 2 is 1.94 bits per heavy atom. The van der Waals surface area contributed by atoms with Crippen LogP contribution in [0.5, 0.6) is 0 Å². The zero-order valence-corrected chi connectivity index (χ0v) is 20.0. The fourth-order valence-electron chi connectivity index (χ4n) is 6.03. The monoisotopic (exact) mass is 441 g/mol. The van der Waals surface area contributed by atoms with Gasteiger partial charge in [0.25, 0.3) is 5.91 Å². The number of rotatable bonds is 8. The van der Waals surface area contributed by atoms with Gasteiger partial charge in [-0.15, -0.1) is 0 Å². The van der Waals surface area contributed by atoms with Crippen molar-refractivity contribution in [3.05, 3.63) is 35.4 Å². The Labute approximate surface area is 192 Å². The number of carbonyl (C=O) groups excluding carboxylic acids is 2. The van der Waals surface area contributed by atoms with Crippen LogP contribution >= 0.6 is 0 Å². The van der Waals surface area contributed by atoms with E-state index in [2.05, 4.69) is 18.7 Å². The largest absolute Gasteiger partial charge is 0.383 e. The van der Waals surface area contributed by atoms with Crippen LogP contribution in [-0.2, 0) is 16.1 Å². The minimum absolute atomic E-state index is 0.0181. The smallest absolute Gasteiger partial charge is 0.255 e. The van der Waals surface area contributed by atoms with Gasteiger partial charge in [-0.3, -0.25) is 9.59 Å². The van der Waals surface area contributed by atoms with Crippen LogP contribution in [0.1, 0.15) is 61.9 Å². The topological polar surface area (TPSA) is 53.1 Å². The number of carbonyl (C=O) groups is 2. The average molecular weight is 442 g/mol. The van der Waals surface area contributed by atoms with Crippen molar-refractivity contribution in [3.63, 3.8) is 0 Å². The molecule has 1 aromatic rings. The Morgan fingerprint density at radius 3 is 2.69 bits per heavy atom. The SMILES string of the molecule is COCCN(CC1CCCN2CCCCC12)C(=O)C(C(C)C)N1Cc2ccccc2C1=O. The molecule has 3 unspecified atom stereocenters. The number of ether oxygens (including phenoxy) is 1. The summed E-state index contributed by atoms with van der Waals surface area (Å²) in [7, 11) is 1.69. The first kappa shape index (κ1) is 23.2. The molecule has 3 aliphatic rings. The molecule has 0 spiro atoms. The van der Waals surface area contributed by atoms with Crippen LogP contribution < -0.4 is 0 Å². The van der Waals surface area contributed by atoms with Gasteiger partial charge in [0.15, 0.2) is 0 Å². The molecule has 2 amide bonds. The minimum atomic E-state index is -0.446. The molecule has 0 aromatic heterocycles. The molecule has 3 aliphatic heterocycles. The van der Waals surface area contributed by atoms with Crippen molar-refractivity contribution in [3.8, 4) is 0 Å². The van der Waals surface area contributed by atoms with Gasteiger partial charge in [-0.2, -0.15) is 0 Å². The lowest BCUT2D eigenvalue weighted by Gasteiger charge is -2.46. The molecule has 176 valence electrons. The molecule has 4 rings (SSSR count). The summed E-state index contributed by atoms with van der Waals surface area (Å²) in [6.07, 6.45) is 6.21. The van der Waals surface area contributed by atoms with E-state index < -0.39 is 6.04 Å². The first-order chi connectivity index (χ1) is 15.5. The van der Waals surface area contributed by atoms with Crippen molar-refractivity contribution in [2.45, 2.75) is 64.6 Å². The Balaban J connectivity index is 1.53. The van der Waals surface area contributed by atoms with E-state index in [0.717, 1.165) is 17.7 Å². The van der Waals surface area contributed by atoms with Crippen molar-refractivity contribution in [1.29, 1.82) is 0 Å². The van der Waals surface area contributed by atoms with Crippen LogP contribution in [0.25, 0.3) is 0 Å². The van der Waals surface area contributed by atoms with Gasteiger partial charge < -0.3 is 19.4 Å². The van der Waals surface area contributed by atoms with Gasteiger partial charge in [-0.05, 0) is 62.2 Å². The maximum absolute atomic E-state index is 14.0. The summed E-state index contributed by atoms with van der Waals surface area (Å²) >= 11 is 0. The molecule has 6 heteroatoms. The molecule has 2 saturated heterocycles. The molecule has 0 bridgehead atoms. The maximum atomic E-state index is 14.0. The Morgan fingerprint density at radius 1 is 1.16 bits per heavy atom. The van der Waals surface area contributed by atoms with Crippen LogP contribution in [0, 0.1) is 11.8 Å². The van der Waals surface area contributed by atoms with Crippen LogP contribution in [0.2, 0.25) is 0 Å². The number of hydrogen-bond acceptors (Lipinski definition) is 4. The zero-order chi connectivity index (χ0) is 22.7. The highest BCUT2D eigenvalue weighted by molar-refractivity contribution is 6.01. The van der Waals surface area contributed by atoms with Crippen molar-refractivity contribution < 1.29 is 14.3 Å². The minimum Gasteiger partial charge on any atom is -0.383 e. The van der Waals surface area contributed by atoms with E-state index in [0.29, 0.717) is 31.7 Å². The normalized spacial score (nSPS) is 24.4. The zero-order valence-electron chi connectivity index (χ0n) is 20.0. The first-order valence-electron chi connectivity index (χ1n) is 12.4. The summed E-state index contributed by atoms with van der Waals surface area (Å²) in [5.41, 5.74) is 1.75. The van der Waals surface area contributed by atoms with Crippen LogP contribution in [0.15, 0.2) is 24.3 Å². The third kappa shape index (κ3) is 4.72. The quantitative estimate of drug-likeness (QED) is 0.620. The average Bonchev–Trinajstić information content (AvgIpc) is 3.12. The number of benzene rings is 1. The standard InChI is InChI=1S/C26H39N3O3/c1-19(2)24(29-18-20-9-4-5-11-22(20)25(29)30)26(31)28(15-16-32-3)17-21-10-8-14-27-13-7-6-12-23(21)27/h4-5,9,11,19,21,23-24H,6-8,10,12-18H2,1-3H3. The summed E-state index contributed by atoms with van der Waals surface area (Å²) < 4.78 is 5.37. The van der Waals surface area contributed by atoms with E-state index in [-0.39, 0.29) is 17.7 Å². The molecule has 1 aromatic carbocycles. The number of fused-ring (bicyclic) bond motifs is 2. The van der Waals surface area contributed by atoms with E-state index in [1.165, 1.54) is 45.2 Å². The summed E-state index contributed by atoms with van der Waals surface area (Å²) in [5.74, 6) is 0.606. The molecular formula is C26H39N3O3. The summed E-state index contributed by atoms with van der Waals surface area (Å²) in [6, 6.07) is 7.88. The van der Waals surface area contributed by atoms with E-state index in [9.17, 15) is 9.59 Å². The van der Waals surface area contributed by atoms with E-state index in [1.807, 2.05) is 29.2 Å². The van der Waals surface area contributed by atoms with Gasteiger partial charge in [-0.1, -0.05) is 38.5 Å². The van der Waals surface area contributed by atoms with E-state index in [1.54, 1.807) is 12.0 Å². The molecule has 3 heterocycles. The second-order valence-electron chi connectivity index (χ2n) is 10.1. The van der Waals surface area contributed by atoms with E-state index >= 15 is 0 Å². The highest BCUT2D eigenvalue weighted by Gasteiger charge is 2.41. The van der Waals surface area contributed by atoms with Gasteiger partial charge >= 0.3 is 0 Å². The van der Waals surface area contributed by atoms with Crippen LogP contribution in [0.3, 0.4) is 0 Å². The second kappa shape index (κ2) is 10.3. The second-order valence-corrected chi connectivity index (χ2v) is 10.1. The molecule has 3 atom stereocenters. The molecule has 0 saturated carbocycles. The predicted molar refractivity (Wildman–Crippen MR) is 125 cm³/mol. The van der Waals surface area contributed by atoms with Crippen molar-refractivity contribution in [2.75, 3.05) is 39.9 Å². The van der Waals surface area contributed by atoms with Crippen LogP contribution in [-0.4, -0.2) is 78.5 Å². The number of piperidine rings is 2. The summed E-state index contributed by atoms with van der Waals surface area (Å²) in [5, 5.41) is 0. The fraction of sp³-hybridized carbons (Fsp3) is 0.692. The summed E-state index contributed by atoms with van der Waals surface area (Å²) in [6.45, 7) is 8.88. The van der Waals surface area contributed by atoms with Gasteiger partial charge in [0.2, 0.25) is 5.91 Å². The van der Waals surface area contributed by atoms with Crippen molar-refractivity contribution >= 4 is 11.8 Å². The number of hydrogen-bond donors (Lipinski definition) is 0. The van der Waals surface area contributed by atoms with E-state index in [4.69, 9.17) is 4.74 Å². The molecular weight excluding hydrogens is 402 g/mol. The lowest BCUT2D eigenvalue weighted by atomic mass is 9.83. The molecule has 6 nitrogen and oxygen atoms in total. The lowest BCUT2D eigenvalue weighted by molar-refractivity contribution is -0.140. The molecule has 32 heavy (non-hydrogen) atoms. The third-order valence-electron chi connectivity index (χ3n) is 7.63. The molecule has 0 radical (unpaired) electrons. The maximum Gasteiger partial charge on any atom is 0.255 e. The molecule has 0 aliphatic carbocycles. The molecule has 2 fully saturated rings. The van der Waals surface area contributed by atoms with Gasteiger partial charge in [-0.25, -0.2) is 0 Å². The first-order valence-corrected chi connectivity index (χ1v) is 12.4. The van der Waals surface area contributed by atoms with Crippen molar-refractivity contribution in [2.24, 2.45) is 11.8 Å². The number of amides is 2. The Kier molecular flexibility index (Phi) is 7.51. The highest BCUT2D eigenvalue weighted by atomic mass is 16.5. The van der Waals surface area contributed by atoms with Gasteiger partial charge in [0.05, 0.1) is 6.61 Å². The van der Waals surface area contributed by atoms with Crippen molar-refractivity contribution in [1.82, 2.24) is 14.7 Å². The van der Waals surface area contributed by atoms with Gasteiger partial charge in [0, 0.05) is 38.3 Å². The molecule has 0 N–H and O–H groups in total. The van der Waals surface area contributed by atoms with Gasteiger partial charge in [0.1, 0.15) is 6.04 Å². The fourth-order valence-corrected chi connectivity index (χ4v) is 6.03. The predicted octanol–water partition coefficient (Wildman–Crippen LogP) is 3.41. The Hall–Kier alpha value is -1.92. The number of nitrogens with zero attached hydrogens (tertiary/aromatic N) is 3. The third-order valence-corrected chi connectivity index (χ3v) is 7.63. The highest BCUT2D eigenvalue weighted by Crippen LogP contribution is 2.33. The summed E-state index contributed by atoms with van der Waals surface area (Å²) in [4.78, 5) is 33.6. The Bertz CT molecular complexity index is 809. The number of methoxy groups -OCH3 is 1. The van der Waals surface area contributed by atoms with Crippen LogP contribution in [0.4, 0.5) is 0 Å². The lowest BCUT2D eigenvalue weighted by Crippen LogP contribution is -2.56.